The molecule has 3 rings (SSSR count). The molecule has 5 heteroatoms. The molecule has 0 radical (unpaired) electrons. The lowest BCUT2D eigenvalue weighted by atomic mass is 10.1. The van der Waals surface area contributed by atoms with Crippen LogP contribution in [0.3, 0.4) is 0 Å². The molecule has 0 bridgehead atoms. The van der Waals surface area contributed by atoms with Crippen LogP contribution in [0.25, 0.3) is 10.9 Å². The van der Waals surface area contributed by atoms with E-state index in [1.54, 1.807) is 12.1 Å². The molecule has 0 aliphatic carbocycles. The highest BCUT2D eigenvalue weighted by atomic mass is 79.9. The second-order valence-corrected chi connectivity index (χ2v) is 5.21. The second-order valence-electron chi connectivity index (χ2n) is 4.36. The van der Waals surface area contributed by atoms with E-state index < -0.39 is 0 Å². The highest BCUT2D eigenvalue weighted by molar-refractivity contribution is 9.10. The first kappa shape index (κ1) is 12.9. The van der Waals surface area contributed by atoms with Crippen LogP contribution in [-0.2, 0) is 0 Å². The van der Waals surface area contributed by atoms with Crippen LogP contribution in [0, 0.1) is 5.82 Å². The molecule has 3 nitrogen and oxygen atoms in total. The Morgan fingerprint density at radius 2 is 2.00 bits per heavy atom. The van der Waals surface area contributed by atoms with Crippen molar-refractivity contribution in [2.45, 2.75) is 0 Å². The number of fused-ring (bicyclic) bond motifs is 1. The fourth-order valence-corrected chi connectivity index (χ4v) is 2.42. The third kappa shape index (κ3) is 2.44. The third-order valence-electron chi connectivity index (χ3n) is 3.00. The Morgan fingerprint density at radius 3 is 2.80 bits per heavy atom. The predicted octanol–water partition coefficient (Wildman–Crippen LogP) is 4.32. The van der Waals surface area contributed by atoms with Crippen LogP contribution >= 0.6 is 15.9 Å². The van der Waals surface area contributed by atoms with E-state index in [1.807, 2.05) is 18.3 Å². The van der Waals surface area contributed by atoms with Gasteiger partial charge in [0.25, 0.3) is 5.91 Å². The average Bonchev–Trinajstić information content (AvgIpc) is 2.89. The molecule has 0 spiro atoms. The quantitative estimate of drug-likeness (QED) is 0.721. The fourth-order valence-electron chi connectivity index (χ4n) is 1.97. The molecule has 2 N–H and O–H groups in total. The third-order valence-corrected chi connectivity index (χ3v) is 3.65. The van der Waals surface area contributed by atoms with Crippen LogP contribution in [0.15, 0.2) is 53.1 Å². The van der Waals surface area contributed by atoms with Gasteiger partial charge in [-0.3, -0.25) is 4.79 Å². The molecule has 2 aromatic carbocycles. The van der Waals surface area contributed by atoms with Crippen LogP contribution in [0.2, 0.25) is 0 Å². The van der Waals surface area contributed by atoms with Crippen molar-refractivity contribution in [1.29, 1.82) is 0 Å². The Labute approximate surface area is 122 Å². The number of hydrogen-bond donors (Lipinski definition) is 2. The molecule has 0 saturated heterocycles. The number of rotatable bonds is 2. The van der Waals surface area contributed by atoms with Gasteiger partial charge in [-0.25, -0.2) is 4.39 Å². The number of amides is 1. The Morgan fingerprint density at radius 1 is 1.15 bits per heavy atom. The zero-order valence-electron chi connectivity index (χ0n) is 10.3. The second kappa shape index (κ2) is 5.09. The number of carbonyl (C=O) groups is 1. The van der Waals surface area contributed by atoms with Crippen molar-refractivity contribution < 1.29 is 9.18 Å². The molecule has 0 fully saturated rings. The maximum atomic E-state index is 13.0. The summed E-state index contributed by atoms with van der Waals surface area (Å²) in [4.78, 5) is 15.2. The highest BCUT2D eigenvalue weighted by Crippen LogP contribution is 2.24. The maximum absolute atomic E-state index is 13.0. The number of aromatic amines is 1. The van der Waals surface area contributed by atoms with Crippen molar-refractivity contribution in [2.75, 3.05) is 5.32 Å². The summed E-state index contributed by atoms with van der Waals surface area (Å²) in [5.74, 6) is -0.600. The number of carbonyl (C=O) groups excluding carboxylic acids is 1. The molecular weight excluding hydrogens is 323 g/mol. The summed E-state index contributed by atoms with van der Waals surface area (Å²) in [6, 6.07) is 11.5. The van der Waals surface area contributed by atoms with E-state index in [-0.39, 0.29) is 11.7 Å². The normalized spacial score (nSPS) is 10.7. The number of nitrogens with one attached hydrogen (secondary N) is 2. The monoisotopic (exact) mass is 332 g/mol. The molecule has 3 aromatic rings. The summed E-state index contributed by atoms with van der Waals surface area (Å²) >= 11 is 3.22. The highest BCUT2D eigenvalue weighted by Gasteiger charge is 2.09. The number of aromatic nitrogens is 1. The van der Waals surface area contributed by atoms with Crippen molar-refractivity contribution in [3.63, 3.8) is 0 Å². The van der Waals surface area contributed by atoms with Crippen LogP contribution in [-0.4, -0.2) is 10.9 Å². The lowest BCUT2D eigenvalue weighted by molar-refractivity contribution is 0.102. The average molecular weight is 333 g/mol. The largest absolute Gasteiger partial charge is 0.361 e. The number of anilines is 1. The first-order chi connectivity index (χ1) is 9.63. The minimum atomic E-state index is -0.359. The van der Waals surface area contributed by atoms with Gasteiger partial charge < -0.3 is 10.3 Å². The molecule has 0 aliphatic heterocycles. The molecule has 1 heterocycles. The van der Waals surface area contributed by atoms with Crippen LogP contribution in [0.4, 0.5) is 10.1 Å². The lowest BCUT2D eigenvalue weighted by Crippen LogP contribution is -2.12. The van der Waals surface area contributed by atoms with Gasteiger partial charge in [0, 0.05) is 21.7 Å². The summed E-state index contributed by atoms with van der Waals surface area (Å²) in [6.45, 7) is 0. The van der Waals surface area contributed by atoms with Gasteiger partial charge in [-0.1, -0.05) is 6.07 Å². The van der Waals surface area contributed by atoms with Gasteiger partial charge in [0.1, 0.15) is 5.82 Å². The zero-order valence-corrected chi connectivity index (χ0v) is 11.9. The smallest absolute Gasteiger partial charge is 0.255 e. The SMILES string of the molecule is O=C(Nc1ccc(F)cc1Br)c1ccc2cc[nH]c2c1. The summed E-state index contributed by atoms with van der Waals surface area (Å²) in [6.07, 6.45) is 1.82. The van der Waals surface area contributed by atoms with E-state index in [9.17, 15) is 9.18 Å². The standard InChI is InChI=1S/C15H10BrFN2O/c16-12-8-11(17)3-4-13(12)19-15(20)10-2-1-9-5-6-18-14(9)7-10/h1-8,18H,(H,19,20). The summed E-state index contributed by atoms with van der Waals surface area (Å²) in [7, 11) is 0. The molecule has 0 saturated carbocycles. The first-order valence-corrected chi connectivity index (χ1v) is 6.76. The van der Waals surface area contributed by atoms with E-state index in [0.717, 1.165) is 10.9 Å². The molecule has 1 aromatic heterocycles. The molecule has 0 atom stereocenters. The molecule has 1 amide bonds. The van der Waals surface area contributed by atoms with Crippen molar-refractivity contribution >= 4 is 38.4 Å². The number of benzene rings is 2. The maximum Gasteiger partial charge on any atom is 0.255 e. The van der Waals surface area contributed by atoms with E-state index in [1.165, 1.54) is 18.2 Å². The molecule has 100 valence electrons. The van der Waals surface area contributed by atoms with Gasteiger partial charge in [-0.2, -0.15) is 0 Å². The van der Waals surface area contributed by atoms with Crippen LogP contribution in [0.5, 0.6) is 0 Å². The predicted molar refractivity (Wildman–Crippen MR) is 80.4 cm³/mol. The van der Waals surface area contributed by atoms with Gasteiger partial charge in [0.2, 0.25) is 0 Å². The van der Waals surface area contributed by atoms with Gasteiger partial charge in [0.05, 0.1) is 5.69 Å². The number of H-pyrrole nitrogens is 1. The summed E-state index contributed by atoms with van der Waals surface area (Å²) in [5, 5.41) is 3.79. The lowest BCUT2D eigenvalue weighted by Gasteiger charge is -2.07. The zero-order chi connectivity index (χ0) is 14.1. The first-order valence-electron chi connectivity index (χ1n) is 5.97. The van der Waals surface area contributed by atoms with E-state index in [2.05, 4.69) is 26.2 Å². The number of hydrogen-bond acceptors (Lipinski definition) is 1. The van der Waals surface area contributed by atoms with Crippen molar-refractivity contribution in [2.24, 2.45) is 0 Å². The van der Waals surface area contributed by atoms with Crippen LogP contribution in [0.1, 0.15) is 10.4 Å². The Bertz CT molecular complexity index is 797. The Hall–Kier alpha value is -2.14. The topological polar surface area (TPSA) is 44.9 Å². The van der Waals surface area contributed by atoms with Gasteiger partial charge in [-0.15, -0.1) is 0 Å². The Kier molecular flexibility index (Phi) is 3.28. The molecule has 0 aliphatic rings. The molecule has 20 heavy (non-hydrogen) atoms. The van der Waals surface area contributed by atoms with E-state index in [4.69, 9.17) is 0 Å². The van der Waals surface area contributed by atoms with Crippen molar-refractivity contribution in [3.8, 4) is 0 Å². The summed E-state index contributed by atoms with van der Waals surface area (Å²) in [5.41, 5.74) is 1.97. The molecular formula is C15H10BrFN2O. The van der Waals surface area contributed by atoms with E-state index in [0.29, 0.717) is 15.7 Å². The van der Waals surface area contributed by atoms with Crippen molar-refractivity contribution in [1.82, 2.24) is 4.98 Å². The molecule has 0 unspecified atom stereocenters. The van der Waals surface area contributed by atoms with Gasteiger partial charge in [0.15, 0.2) is 0 Å². The number of halogens is 2. The Balaban J connectivity index is 1.88. The van der Waals surface area contributed by atoms with Crippen molar-refractivity contribution in [3.05, 3.63) is 64.5 Å². The van der Waals surface area contributed by atoms with Gasteiger partial charge >= 0.3 is 0 Å². The minimum absolute atomic E-state index is 0.242. The van der Waals surface area contributed by atoms with Crippen LogP contribution < -0.4 is 5.32 Å². The fraction of sp³-hybridized carbons (Fsp3) is 0. The van der Waals surface area contributed by atoms with E-state index >= 15 is 0 Å². The van der Waals surface area contributed by atoms with Gasteiger partial charge in [-0.05, 0) is 57.7 Å². The minimum Gasteiger partial charge on any atom is -0.361 e. The summed E-state index contributed by atoms with van der Waals surface area (Å²) < 4.78 is 13.5.